The number of hydrogen-bond acceptors (Lipinski definition) is 4. The first kappa shape index (κ1) is 17.8. The van der Waals surface area contributed by atoms with Crippen molar-refractivity contribution < 1.29 is 4.79 Å². The molecule has 0 bridgehead atoms. The molecule has 1 saturated heterocycles. The summed E-state index contributed by atoms with van der Waals surface area (Å²) in [6.07, 6.45) is 2.00. The average molecular weight is 352 g/mol. The fourth-order valence-corrected chi connectivity index (χ4v) is 3.48. The van der Waals surface area contributed by atoms with Gasteiger partial charge < -0.3 is 11.1 Å². The molecule has 0 unspecified atom stereocenters. The minimum atomic E-state index is 0. The molecule has 2 heterocycles. The Labute approximate surface area is 147 Å². The largest absolute Gasteiger partial charge is 0.399 e. The Morgan fingerprint density at radius 2 is 2.09 bits per heavy atom. The van der Waals surface area contributed by atoms with Gasteiger partial charge in [-0.15, -0.1) is 12.4 Å². The predicted molar refractivity (Wildman–Crippen MR) is 98.2 cm³/mol. The predicted octanol–water partition coefficient (Wildman–Crippen LogP) is 3.15. The van der Waals surface area contributed by atoms with E-state index in [1.165, 1.54) is 5.56 Å². The molecule has 124 valence electrons. The Hall–Kier alpha value is -1.56. The maximum absolute atomic E-state index is 12.1. The minimum absolute atomic E-state index is 0. The van der Waals surface area contributed by atoms with E-state index in [9.17, 15) is 4.79 Å². The molecule has 0 spiro atoms. The van der Waals surface area contributed by atoms with E-state index < -0.39 is 0 Å². The SMILES string of the molecule is Cl.Nc1cccc(CN2CCC(NC(=O)c3ccsc3)CC2)c1. The fourth-order valence-electron chi connectivity index (χ4n) is 2.85. The molecule has 1 aliphatic heterocycles. The van der Waals surface area contributed by atoms with Gasteiger partial charge in [-0.05, 0) is 42.0 Å². The van der Waals surface area contributed by atoms with Gasteiger partial charge in [0.25, 0.3) is 5.91 Å². The summed E-state index contributed by atoms with van der Waals surface area (Å²) in [6, 6.07) is 10.2. The van der Waals surface area contributed by atoms with E-state index in [0.717, 1.165) is 43.7 Å². The summed E-state index contributed by atoms with van der Waals surface area (Å²) in [7, 11) is 0. The van der Waals surface area contributed by atoms with Gasteiger partial charge in [0.1, 0.15) is 0 Å². The number of hydrogen-bond donors (Lipinski definition) is 2. The lowest BCUT2D eigenvalue weighted by atomic mass is 10.0. The Morgan fingerprint density at radius 3 is 2.74 bits per heavy atom. The van der Waals surface area contributed by atoms with E-state index in [-0.39, 0.29) is 24.4 Å². The number of carbonyl (C=O) groups excluding carboxylic acids is 1. The first-order chi connectivity index (χ1) is 10.7. The monoisotopic (exact) mass is 351 g/mol. The van der Waals surface area contributed by atoms with Crippen LogP contribution >= 0.6 is 23.7 Å². The van der Waals surface area contributed by atoms with Crippen LogP contribution in [0.5, 0.6) is 0 Å². The van der Waals surface area contributed by atoms with Crippen LogP contribution in [-0.2, 0) is 6.54 Å². The van der Waals surface area contributed by atoms with Gasteiger partial charge >= 0.3 is 0 Å². The second kappa shape index (κ2) is 8.34. The maximum Gasteiger partial charge on any atom is 0.252 e. The number of thiophene rings is 1. The van der Waals surface area contributed by atoms with E-state index in [1.807, 2.05) is 35.0 Å². The Morgan fingerprint density at radius 1 is 1.30 bits per heavy atom. The van der Waals surface area contributed by atoms with Crippen LogP contribution in [0, 0.1) is 0 Å². The number of nitrogens with one attached hydrogen (secondary N) is 1. The van der Waals surface area contributed by atoms with Gasteiger partial charge in [0.05, 0.1) is 0 Å². The average Bonchev–Trinajstić information content (AvgIpc) is 3.04. The van der Waals surface area contributed by atoms with Crippen molar-refractivity contribution in [2.75, 3.05) is 18.8 Å². The quantitative estimate of drug-likeness (QED) is 0.832. The van der Waals surface area contributed by atoms with E-state index in [0.29, 0.717) is 0 Å². The van der Waals surface area contributed by atoms with Gasteiger partial charge in [0.2, 0.25) is 0 Å². The zero-order valence-electron chi connectivity index (χ0n) is 12.9. The lowest BCUT2D eigenvalue weighted by Gasteiger charge is -2.32. The second-order valence-corrected chi connectivity index (χ2v) is 6.56. The summed E-state index contributed by atoms with van der Waals surface area (Å²) in [5, 5.41) is 6.96. The molecule has 1 aliphatic rings. The summed E-state index contributed by atoms with van der Waals surface area (Å²) in [5.41, 5.74) is 8.66. The van der Waals surface area contributed by atoms with Crippen LogP contribution in [0.25, 0.3) is 0 Å². The zero-order valence-corrected chi connectivity index (χ0v) is 14.5. The molecule has 0 saturated carbocycles. The molecule has 23 heavy (non-hydrogen) atoms. The highest BCUT2D eigenvalue weighted by molar-refractivity contribution is 7.08. The maximum atomic E-state index is 12.1. The highest BCUT2D eigenvalue weighted by Gasteiger charge is 2.21. The number of carbonyl (C=O) groups is 1. The summed E-state index contributed by atoms with van der Waals surface area (Å²) >= 11 is 1.55. The van der Waals surface area contributed by atoms with E-state index in [1.54, 1.807) is 11.3 Å². The summed E-state index contributed by atoms with van der Waals surface area (Å²) in [6.45, 7) is 2.93. The van der Waals surface area contributed by atoms with Gasteiger partial charge in [0.15, 0.2) is 0 Å². The standard InChI is InChI=1S/C17H21N3OS.ClH/c18-15-3-1-2-13(10-15)11-20-7-4-16(5-8-20)19-17(21)14-6-9-22-12-14;/h1-3,6,9-10,12,16H,4-5,7-8,11,18H2,(H,19,21);1H. The number of nitrogens with two attached hydrogens (primary N) is 1. The number of nitrogens with zero attached hydrogens (tertiary/aromatic N) is 1. The third kappa shape index (κ3) is 4.96. The molecular formula is C17H22ClN3OS. The number of halogens is 1. The number of amides is 1. The van der Waals surface area contributed by atoms with Crippen LogP contribution in [0.15, 0.2) is 41.1 Å². The summed E-state index contributed by atoms with van der Waals surface area (Å²) in [5.74, 6) is 0.0514. The van der Waals surface area contributed by atoms with Crippen LogP contribution in [0.3, 0.4) is 0 Å². The number of piperidine rings is 1. The molecule has 3 N–H and O–H groups in total. The number of likely N-dealkylation sites (tertiary alicyclic amines) is 1. The number of nitrogen functional groups attached to an aromatic ring is 1. The minimum Gasteiger partial charge on any atom is -0.399 e. The van der Waals surface area contributed by atoms with E-state index in [4.69, 9.17) is 5.73 Å². The van der Waals surface area contributed by atoms with Crippen LogP contribution in [0.2, 0.25) is 0 Å². The van der Waals surface area contributed by atoms with Crippen LogP contribution < -0.4 is 11.1 Å². The van der Waals surface area contributed by atoms with E-state index in [2.05, 4.69) is 16.3 Å². The van der Waals surface area contributed by atoms with Crippen LogP contribution in [0.4, 0.5) is 5.69 Å². The lowest BCUT2D eigenvalue weighted by molar-refractivity contribution is 0.0909. The first-order valence-electron chi connectivity index (χ1n) is 7.60. The van der Waals surface area contributed by atoms with Crippen molar-refractivity contribution in [2.45, 2.75) is 25.4 Å². The highest BCUT2D eigenvalue weighted by atomic mass is 35.5. The highest BCUT2D eigenvalue weighted by Crippen LogP contribution is 2.16. The molecule has 3 rings (SSSR count). The van der Waals surface area contributed by atoms with Gasteiger partial charge in [-0.2, -0.15) is 11.3 Å². The Bertz CT molecular complexity index is 625. The van der Waals surface area contributed by atoms with E-state index >= 15 is 0 Å². The number of anilines is 1. The Kier molecular flexibility index (Phi) is 6.45. The molecule has 1 fully saturated rings. The van der Waals surface area contributed by atoms with Crippen molar-refractivity contribution in [3.05, 3.63) is 52.2 Å². The molecule has 0 aliphatic carbocycles. The van der Waals surface area contributed by atoms with Crippen LogP contribution in [-0.4, -0.2) is 29.9 Å². The fraction of sp³-hybridized carbons (Fsp3) is 0.353. The Balaban J connectivity index is 0.00000192. The molecule has 1 amide bonds. The van der Waals surface area contributed by atoms with Gasteiger partial charge in [-0.3, -0.25) is 9.69 Å². The van der Waals surface area contributed by atoms with Crippen molar-refractivity contribution in [2.24, 2.45) is 0 Å². The van der Waals surface area contributed by atoms with Gasteiger partial charge in [0, 0.05) is 42.3 Å². The molecule has 0 radical (unpaired) electrons. The lowest BCUT2D eigenvalue weighted by Crippen LogP contribution is -2.44. The molecule has 1 aromatic heterocycles. The number of rotatable bonds is 4. The molecule has 6 heteroatoms. The second-order valence-electron chi connectivity index (χ2n) is 5.78. The van der Waals surface area contributed by atoms with Crippen molar-refractivity contribution in [1.29, 1.82) is 0 Å². The van der Waals surface area contributed by atoms with Crippen molar-refractivity contribution in [3.8, 4) is 0 Å². The van der Waals surface area contributed by atoms with Gasteiger partial charge in [-0.1, -0.05) is 12.1 Å². The zero-order chi connectivity index (χ0) is 15.4. The van der Waals surface area contributed by atoms with Gasteiger partial charge in [-0.25, -0.2) is 0 Å². The van der Waals surface area contributed by atoms with Crippen LogP contribution in [0.1, 0.15) is 28.8 Å². The number of benzene rings is 1. The molecular weight excluding hydrogens is 330 g/mol. The summed E-state index contributed by atoms with van der Waals surface area (Å²) < 4.78 is 0. The third-order valence-electron chi connectivity index (χ3n) is 4.06. The topological polar surface area (TPSA) is 58.4 Å². The van der Waals surface area contributed by atoms with Crippen molar-refractivity contribution in [1.82, 2.24) is 10.2 Å². The molecule has 4 nitrogen and oxygen atoms in total. The molecule has 2 aromatic rings. The molecule has 1 aromatic carbocycles. The summed E-state index contributed by atoms with van der Waals surface area (Å²) in [4.78, 5) is 14.5. The third-order valence-corrected chi connectivity index (χ3v) is 4.75. The normalized spacial score (nSPS) is 15.8. The van der Waals surface area contributed by atoms with Crippen molar-refractivity contribution in [3.63, 3.8) is 0 Å². The smallest absolute Gasteiger partial charge is 0.252 e. The van der Waals surface area contributed by atoms with Crippen molar-refractivity contribution >= 4 is 35.3 Å². The molecule has 0 atom stereocenters. The first-order valence-corrected chi connectivity index (χ1v) is 8.55.